The molecule has 1 aromatic carbocycles. The van der Waals surface area contributed by atoms with Gasteiger partial charge in [-0.05, 0) is 55.8 Å². The van der Waals surface area contributed by atoms with Crippen molar-refractivity contribution >= 4 is 5.91 Å². The molecule has 3 heterocycles. The number of carbonyl (C=O) groups is 1. The van der Waals surface area contributed by atoms with Gasteiger partial charge in [-0.25, -0.2) is 0 Å². The minimum absolute atomic E-state index is 0.227. The van der Waals surface area contributed by atoms with Gasteiger partial charge >= 0.3 is 0 Å². The molecule has 0 spiro atoms. The van der Waals surface area contributed by atoms with Crippen LogP contribution >= 0.6 is 0 Å². The maximum atomic E-state index is 12.6. The Hall–Kier alpha value is -1.55. The van der Waals surface area contributed by atoms with E-state index in [1.54, 1.807) is 0 Å². The Morgan fingerprint density at radius 3 is 2.92 bits per heavy atom. The lowest BCUT2D eigenvalue weighted by Crippen LogP contribution is -2.44. The van der Waals surface area contributed by atoms with E-state index >= 15 is 0 Å². The fraction of sp³-hybridized carbons (Fsp3) is 0.650. The fourth-order valence-corrected chi connectivity index (χ4v) is 4.34. The van der Waals surface area contributed by atoms with Gasteiger partial charge in [-0.1, -0.05) is 12.1 Å². The second kappa shape index (κ2) is 7.14. The van der Waals surface area contributed by atoms with Crippen LogP contribution in [0.4, 0.5) is 0 Å². The summed E-state index contributed by atoms with van der Waals surface area (Å²) >= 11 is 0. The van der Waals surface area contributed by atoms with Crippen molar-refractivity contribution in [2.24, 2.45) is 5.92 Å². The Kier molecular flexibility index (Phi) is 4.74. The molecule has 3 aliphatic heterocycles. The summed E-state index contributed by atoms with van der Waals surface area (Å²) in [4.78, 5) is 17.2. The Morgan fingerprint density at radius 1 is 1.17 bits per heavy atom. The number of fused-ring (bicyclic) bond motifs is 1. The molecule has 1 amide bonds. The third-order valence-electron chi connectivity index (χ3n) is 5.74. The molecule has 0 unspecified atom stereocenters. The number of ether oxygens (including phenoxy) is 1. The molecule has 2 saturated heterocycles. The molecule has 0 aliphatic carbocycles. The highest BCUT2D eigenvalue weighted by atomic mass is 16.5. The van der Waals surface area contributed by atoms with Crippen LogP contribution in [0.3, 0.4) is 0 Å². The minimum Gasteiger partial charge on any atom is -0.493 e. The summed E-state index contributed by atoms with van der Waals surface area (Å²) in [6.07, 6.45) is 6.70. The number of likely N-dealkylation sites (tertiary alicyclic amines) is 2. The van der Waals surface area contributed by atoms with E-state index in [0.717, 1.165) is 70.8 Å². The van der Waals surface area contributed by atoms with Crippen molar-refractivity contribution in [3.8, 4) is 5.75 Å². The quantitative estimate of drug-likeness (QED) is 0.851. The number of hydrogen-bond acceptors (Lipinski definition) is 3. The highest BCUT2D eigenvalue weighted by Crippen LogP contribution is 2.26. The average Bonchev–Trinajstić information content (AvgIpc) is 3.30. The van der Waals surface area contributed by atoms with Crippen molar-refractivity contribution in [2.75, 3.05) is 39.3 Å². The van der Waals surface area contributed by atoms with Crippen LogP contribution in [-0.2, 0) is 17.6 Å². The number of carbonyl (C=O) groups excluding carboxylic acids is 1. The maximum absolute atomic E-state index is 12.6. The van der Waals surface area contributed by atoms with Crippen LogP contribution in [0.2, 0.25) is 0 Å². The first-order valence-electron chi connectivity index (χ1n) is 9.55. The SMILES string of the molecule is O=C([C@@H]1CCCN(CCc2ccc3c(c2)CCO3)C1)N1CCCC1. The van der Waals surface area contributed by atoms with Crippen LogP contribution in [0.15, 0.2) is 18.2 Å². The second-order valence-electron chi connectivity index (χ2n) is 7.46. The van der Waals surface area contributed by atoms with E-state index < -0.39 is 0 Å². The van der Waals surface area contributed by atoms with Crippen molar-refractivity contribution in [2.45, 2.75) is 38.5 Å². The molecule has 0 bridgehead atoms. The van der Waals surface area contributed by atoms with Gasteiger partial charge in [0, 0.05) is 32.6 Å². The first-order chi connectivity index (χ1) is 11.8. The Labute approximate surface area is 144 Å². The Balaban J connectivity index is 1.31. The van der Waals surface area contributed by atoms with Crippen LogP contribution in [0.5, 0.6) is 5.75 Å². The summed E-state index contributed by atoms with van der Waals surface area (Å²) in [6, 6.07) is 6.62. The molecule has 4 nitrogen and oxygen atoms in total. The van der Waals surface area contributed by atoms with Crippen molar-refractivity contribution in [3.63, 3.8) is 0 Å². The molecule has 0 radical (unpaired) electrons. The zero-order valence-electron chi connectivity index (χ0n) is 14.5. The molecule has 4 heteroatoms. The molecule has 0 aromatic heterocycles. The van der Waals surface area contributed by atoms with Crippen molar-refractivity contribution in [3.05, 3.63) is 29.3 Å². The monoisotopic (exact) mass is 328 g/mol. The van der Waals surface area contributed by atoms with Gasteiger partial charge in [0.2, 0.25) is 5.91 Å². The van der Waals surface area contributed by atoms with Crippen LogP contribution in [0.1, 0.15) is 36.8 Å². The van der Waals surface area contributed by atoms with Crippen molar-refractivity contribution in [1.29, 1.82) is 0 Å². The topological polar surface area (TPSA) is 32.8 Å². The average molecular weight is 328 g/mol. The summed E-state index contributed by atoms with van der Waals surface area (Å²) in [7, 11) is 0. The lowest BCUT2D eigenvalue weighted by Gasteiger charge is -2.34. The van der Waals surface area contributed by atoms with Crippen molar-refractivity contribution in [1.82, 2.24) is 9.80 Å². The molecule has 130 valence electrons. The van der Waals surface area contributed by atoms with E-state index in [2.05, 4.69) is 28.0 Å². The summed E-state index contributed by atoms with van der Waals surface area (Å²) in [6.45, 7) is 5.93. The van der Waals surface area contributed by atoms with Crippen LogP contribution in [-0.4, -0.2) is 55.0 Å². The Bertz CT molecular complexity index is 595. The largest absolute Gasteiger partial charge is 0.493 e. The van der Waals surface area contributed by atoms with E-state index in [1.165, 1.54) is 24.0 Å². The molecular formula is C20H28N2O2. The molecule has 4 rings (SSSR count). The molecule has 24 heavy (non-hydrogen) atoms. The molecular weight excluding hydrogens is 300 g/mol. The fourth-order valence-electron chi connectivity index (χ4n) is 4.34. The summed E-state index contributed by atoms with van der Waals surface area (Å²) < 4.78 is 5.58. The molecule has 0 saturated carbocycles. The second-order valence-corrected chi connectivity index (χ2v) is 7.46. The first kappa shape index (κ1) is 15.9. The van der Waals surface area contributed by atoms with Gasteiger partial charge in [-0.15, -0.1) is 0 Å². The highest BCUT2D eigenvalue weighted by molar-refractivity contribution is 5.79. The zero-order valence-corrected chi connectivity index (χ0v) is 14.5. The van der Waals surface area contributed by atoms with E-state index in [0.29, 0.717) is 5.91 Å². The molecule has 2 fully saturated rings. The molecule has 1 atom stereocenters. The third kappa shape index (κ3) is 3.44. The van der Waals surface area contributed by atoms with Gasteiger partial charge in [0.1, 0.15) is 5.75 Å². The third-order valence-corrected chi connectivity index (χ3v) is 5.74. The number of amides is 1. The predicted octanol–water partition coefficient (Wildman–Crippen LogP) is 2.50. The summed E-state index contributed by atoms with van der Waals surface area (Å²) in [5, 5.41) is 0. The van der Waals surface area contributed by atoms with E-state index in [9.17, 15) is 4.79 Å². The molecule has 3 aliphatic rings. The van der Waals surface area contributed by atoms with Gasteiger partial charge in [0.05, 0.1) is 12.5 Å². The smallest absolute Gasteiger partial charge is 0.226 e. The minimum atomic E-state index is 0.227. The van der Waals surface area contributed by atoms with E-state index in [-0.39, 0.29) is 5.92 Å². The number of rotatable bonds is 4. The standard InChI is InChI=1S/C20H28N2O2/c23-20(22-10-1-2-11-22)18-4-3-9-21(15-18)12-7-16-5-6-19-17(14-16)8-13-24-19/h5-6,14,18H,1-4,7-13,15H2/t18-/m1/s1. The van der Waals surface area contributed by atoms with Crippen LogP contribution in [0.25, 0.3) is 0 Å². The van der Waals surface area contributed by atoms with E-state index in [4.69, 9.17) is 4.74 Å². The van der Waals surface area contributed by atoms with E-state index in [1.807, 2.05) is 0 Å². The van der Waals surface area contributed by atoms with Gasteiger partial charge in [0.25, 0.3) is 0 Å². The van der Waals surface area contributed by atoms with Gasteiger partial charge in [-0.3, -0.25) is 4.79 Å². The van der Waals surface area contributed by atoms with Gasteiger partial charge in [0.15, 0.2) is 0 Å². The number of nitrogens with zero attached hydrogens (tertiary/aromatic N) is 2. The van der Waals surface area contributed by atoms with Crippen molar-refractivity contribution < 1.29 is 9.53 Å². The molecule has 1 aromatic rings. The predicted molar refractivity (Wildman–Crippen MR) is 94.3 cm³/mol. The number of piperidine rings is 1. The highest BCUT2D eigenvalue weighted by Gasteiger charge is 2.30. The summed E-state index contributed by atoms with van der Waals surface area (Å²) in [5.74, 6) is 1.70. The lowest BCUT2D eigenvalue weighted by molar-refractivity contribution is -0.136. The number of hydrogen-bond donors (Lipinski definition) is 0. The zero-order chi connectivity index (χ0) is 16.4. The van der Waals surface area contributed by atoms with Gasteiger partial charge in [-0.2, -0.15) is 0 Å². The first-order valence-corrected chi connectivity index (χ1v) is 9.55. The normalized spacial score (nSPS) is 24.0. The van der Waals surface area contributed by atoms with Crippen LogP contribution in [0, 0.1) is 5.92 Å². The summed E-state index contributed by atoms with van der Waals surface area (Å²) in [5.41, 5.74) is 2.75. The lowest BCUT2D eigenvalue weighted by atomic mass is 9.96. The molecule has 0 N–H and O–H groups in total. The van der Waals surface area contributed by atoms with Gasteiger partial charge < -0.3 is 14.5 Å². The number of benzene rings is 1. The Morgan fingerprint density at radius 2 is 2.04 bits per heavy atom. The maximum Gasteiger partial charge on any atom is 0.226 e. The van der Waals surface area contributed by atoms with Crippen LogP contribution < -0.4 is 4.74 Å².